The number of hydrogen-bond donors (Lipinski definition) is 1. The number of halogens is 2. The molecule has 0 aliphatic heterocycles. The van der Waals surface area contributed by atoms with Crippen molar-refractivity contribution in [3.8, 4) is 0 Å². The Morgan fingerprint density at radius 3 is 2.19 bits per heavy atom. The van der Waals surface area contributed by atoms with Gasteiger partial charge in [-0.15, -0.1) is 0 Å². The standard InChI is InChI=1S/C27H29BrFN3O4S/c1-19(2)30-27(34)20(3)31(17-21-12-14-23(29)15-13-21)26(33)18-32(24-9-7-8-22(28)16-24)37(35,36)25-10-5-4-6-11-25/h4-16,19-20H,17-18H2,1-3H3,(H,30,34). The fourth-order valence-electron chi connectivity index (χ4n) is 3.65. The second-order valence-corrected chi connectivity index (χ2v) is 11.6. The molecule has 0 saturated carbocycles. The van der Waals surface area contributed by atoms with Crippen LogP contribution in [0.1, 0.15) is 26.3 Å². The zero-order chi connectivity index (χ0) is 27.2. The van der Waals surface area contributed by atoms with E-state index in [4.69, 9.17) is 0 Å². The van der Waals surface area contributed by atoms with E-state index in [1.807, 2.05) is 0 Å². The zero-order valence-electron chi connectivity index (χ0n) is 20.8. The highest BCUT2D eigenvalue weighted by atomic mass is 79.9. The molecule has 1 N–H and O–H groups in total. The van der Waals surface area contributed by atoms with Crippen LogP contribution in [0, 0.1) is 5.82 Å². The normalized spacial score (nSPS) is 12.2. The second kappa shape index (κ2) is 12.3. The Morgan fingerprint density at radius 1 is 0.946 bits per heavy atom. The highest BCUT2D eigenvalue weighted by Crippen LogP contribution is 2.27. The van der Waals surface area contributed by atoms with E-state index in [-0.39, 0.29) is 29.1 Å². The van der Waals surface area contributed by atoms with Crippen LogP contribution in [0.3, 0.4) is 0 Å². The number of carbonyl (C=O) groups is 2. The summed E-state index contributed by atoms with van der Waals surface area (Å²) in [6.07, 6.45) is 0. The minimum atomic E-state index is -4.13. The number of amides is 2. The lowest BCUT2D eigenvalue weighted by Crippen LogP contribution is -2.52. The molecular weight excluding hydrogens is 561 g/mol. The van der Waals surface area contributed by atoms with Crippen molar-refractivity contribution in [2.24, 2.45) is 0 Å². The van der Waals surface area contributed by atoms with Crippen LogP contribution in [0.15, 0.2) is 88.2 Å². The van der Waals surface area contributed by atoms with Crippen molar-refractivity contribution in [3.63, 3.8) is 0 Å². The largest absolute Gasteiger partial charge is 0.352 e. The molecule has 196 valence electrons. The van der Waals surface area contributed by atoms with Crippen LogP contribution in [0.2, 0.25) is 0 Å². The van der Waals surface area contributed by atoms with E-state index in [0.29, 0.717) is 10.0 Å². The summed E-state index contributed by atoms with van der Waals surface area (Å²) >= 11 is 3.36. The molecule has 0 fully saturated rings. The van der Waals surface area contributed by atoms with Gasteiger partial charge in [0.1, 0.15) is 18.4 Å². The minimum Gasteiger partial charge on any atom is -0.352 e. The molecule has 0 spiro atoms. The molecule has 0 aliphatic rings. The topological polar surface area (TPSA) is 86.8 Å². The maximum Gasteiger partial charge on any atom is 0.264 e. The summed E-state index contributed by atoms with van der Waals surface area (Å²) in [5.74, 6) is -1.40. The van der Waals surface area contributed by atoms with E-state index < -0.39 is 34.3 Å². The van der Waals surface area contributed by atoms with Gasteiger partial charge in [-0.25, -0.2) is 12.8 Å². The first-order valence-electron chi connectivity index (χ1n) is 11.7. The van der Waals surface area contributed by atoms with Gasteiger partial charge in [-0.2, -0.15) is 0 Å². The zero-order valence-corrected chi connectivity index (χ0v) is 23.2. The van der Waals surface area contributed by atoms with Crippen LogP contribution in [-0.2, 0) is 26.2 Å². The van der Waals surface area contributed by atoms with Crippen LogP contribution >= 0.6 is 15.9 Å². The number of sulfonamides is 1. The van der Waals surface area contributed by atoms with Gasteiger partial charge in [0.2, 0.25) is 11.8 Å². The Balaban J connectivity index is 2.01. The van der Waals surface area contributed by atoms with Crippen molar-refractivity contribution in [1.29, 1.82) is 0 Å². The highest BCUT2D eigenvalue weighted by Gasteiger charge is 2.32. The number of hydrogen-bond acceptors (Lipinski definition) is 4. The third-order valence-corrected chi connectivity index (χ3v) is 7.85. The maximum atomic E-state index is 13.7. The molecule has 37 heavy (non-hydrogen) atoms. The smallest absolute Gasteiger partial charge is 0.264 e. The molecule has 3 rings (SSSR count). The lowest BCUT2D eigenvalue weighted by Gasteiger charge is -2.32. The molecule has 0 radical (unpaired) electrons. The maximum absolute atomic E-state index is 13.7. The molecule has 0 aromatic heterocycles. The Kier molecular flexibility index (Phi) is 9.45. The van der Waals surface area contributed by atoms with Crippen molar-refractivity contribution in [3.05, 3.63) is 94.7 Å². The van der Waals surface area contributed by atoms with E-state index in [9.17, 15) is 22.4 Å². The van der Waals surface area contributed by atoms with E-state index in [2.05, 4.69) is 21.2 Å². The molecule has 3 aromatic rings. The van der Waals surface area contributed by atoms with E-state index >= 15 is 0 Å². The summed E-state index contributed by atoms with van der Waals surface area (Å²) < 4.78 is 42.5. The molecule has 7 nitrogen and oxygen atoms in total. The number of nitrogens with one attached hydrogen (secondary N) is 1. The first-order valence-corrected chi connectivity index (χ1v) is 13.9. The second-order valence-electron chi connectivity index (χ2n) is 8.79. The summed E-state index contributed by atoms with van der Waals surface area (Å²) in [4.78, 5) is 27.9. The number of benzene rings is 3. The Labute approximate surface area is 225 Å². The average molecular weight is 591 g/mol. The Hall–Kier alpha value is -3.24. The summed E-state index contributed by atoms with van der Waals surface area (Å²) in [5, 5.41) is 2.79. The molecule has 0 aliphatic carbocycles. The number of carbonyl (C=O) groups excluding carboxylic acids is 2. The van der Waals surface area contributed by atoms with Crippen LogP contribution < -0.4 is 9.62 Å². The van der Waals surface area contributed by atoms with E-state index in [0.717, 1.165) is 4.31 Å². The van der Waals surface area contributed by atoms with Gasteiger partial charge in [0.05, 0.1) is 10.6 Å². The van der Waals surface area contributed by atoms with Gasteiger partial charge in [-0.3, -0.25) is 13.9 Å². The summed E-state index contributed by atoms with van der Waals surface area (Å²) in [6.45, 7) is 4.63. The fraction of sp³-hybridized carbons (Fsp3) is 0.259. The average Bonchev–Trinajstić information content (AvgIpc) is 2.86. The molecule has 1 atom stereocenters. The molecule has 0 heterocycles. The molecule has 0 saturated heterocycles. The third kappa shape index (κ3) is 7.39. The molecule has 2 amide bonds. The number of anilines is 1. The van der Waals surface area contributed by atoms with Crippen molar-refractivity contribution >= 4 is 43.5 Å². The summed E-state index contributed by atoms with van der Waals surface area (Å²) in [5.41, 5.74) is 0.881. The molecule has 0 bridgehead atoms. The van der Waals surface area contributed by atoms with Crippen LogP contribution in [0.5, 0.6) is 0 Å². The lowest BCUT2D eigenvalue weighted by molar-refractivity contribution is -0.139. The first kappa shape index (κ1) is 28.3. The third-order valence-electron chi connectivity index (χ3n) is 5.57. The molecule has 1 unspecified atom stereocenters. The SMILES string of the molecule is CC(C)NC(=O)C(C)N(Cc1ccc(F)cc1)C(=O)CN(c1cccc(Br)c1)S(=O)(=O)c1ccccc1. The van der Waals surface area contributed by atoms with Gasteiger partial charge in [-0.05, 0) is 68.8 Å². The Morgan fingerprint density at radius 2 is 1.59 bits per heavy atom. The van der Waals surface area contributed by atoms with Crippen molar-refractivity contribution < 1.29 is 22.4 Å². The number of rotatable bonds is 10. The molecule has 10 heteroatoms. The van der Waals surface area contributed by atoms with Gasteiger partial charge in [0.25, 0.3) is 10.0 Å². The van der Waals surface area contributed by atoms with Gasteiger partial charge in [-0.1, -0.05) is 52.3 Å². The number of nitrogens with zero attached hydrogens (tertiary/aromatic N) is 2. The van der Waals surface area contributed by atoms with Crippen LogP contribution in [0.4, 0.5) is 10.1 Å². The van der Waals surface area contributed by atoms with Gasteiger partial charge in [0.15, 0.2) is 0 Å². The van der Waals surface area contributed by atoms with Crippen LogP contribution in [0.25, 0.3) is 0 Å². The van der Waals surface area contributed by atoms with Crippen molar-refractivity contribution in [1.82, 2.24) is 10.2 Å². The van der Waals surface area contributed by atoms with Gasteiger partial charge in [0, 0.05) is 17.1 Å². The molecular formula is C27H29BrFN3O4S. The monoisotopic (exact) mass is 589 g/mol. The highest BCUT2D eigenvalue weighted by molar-refractivity contribution is 9.10. The van der Waals surface area contributed by atoms with Crippen molar-refractivity contribution in [2.75, 3.05) is 10.8 Å². The quantitative estimate of drug-likeness (QED) is 0.370. The fourth-order valence-corrected chi connectivity index (χ4v) is 5.47. The lowest BCUT2D eigenvalue weighted by atomic mass is 10.1. The van der Waals surface area contributed by atoms with E-state index in [1.165, 1.54) is 41.3 Å². The van der Waals surface area contributed by atoms with Gasteiger partial charge < -0.3 is 10.2 Å². The van der Waals surface area contributed by atoms with Crippen LogP contribution in [-0.4, -0.2) is 43.8 Å². The predicted molar refractivity (Wildman–Crippen MR) is 145 cm³/mol. The minimum absolute atomic E-state index is 0.0104. The Bertz CT molecular complexity index is 1340. The van der Waals surface area contributed by atoms with Gasteiger partial charge >= 0.3 is 0 Å². The summed E-state index contributed by atoms with van der Waals surface area (Å²) in [7, 11) is -4.13. The molecule has 3 aromatic carbocycles. The first-order chi connectivity index (χ1) is 17.5. The van der Waals surface area contributed by atoms with Crippen molar-refractivity contribution in [2.45, 2.75) is 44.3 Å². The summed E-state index contributed by atoms with van der Waals surface area (Å²) in [6, 6.07) is 19.0. The predicted octanol–water partition coefficient (Wildman–Crippen LogP) is 4.73. The van der Waals surface area contributed by atoms with E-state index in [1.54, 1.807) is 63.2 Å².